The maximum atomic E-state index is 5.40. The van der Waals surface area contributed by atoms with Crippen LogP contribution in [0.1, 0.15) is 46.0 Å². The molecule has 0 heterocycles. The van der Waals surface area contributed by atoms with Gasteiger partial charge in [0.15, 0.2) is 0 Å². The van der Waals surface area contributed by atoms with Crippen LogP contribution in [0.2, 0.25) is 0 Å². The van der Waals surface area contributed by atoms with Gasteiger partial charge in [0.25, 0.3) is 0 Å². The van der Waals surface area contributed by atoms with Crippen LogP contribution in [-0.2, 0) is 0 Å². The van der Waals surface area contributed by atoms with Crippen molar-refractivity contribution in [3.05, 3.63) is 0 Å². The highest BCUT2D eigenvalue weighted by atomic mass is 14.9. The average molecular weight is 172 g/mol. The molecular weight excluding hydrogens is 148 g/mol. The Morgan fingerprint density at radius 1 is 1.25 bits per heavy atom. The van der Waals surface area contributed by atoms with Gasteiger partial charge in [0.2, 0.25) is 0 Å². The Kier molecular flexibility index (Phi) is 8.95. The minimum atomic E-state index is 0.670. The van der Waals surface area contributed by atoms with Crippen LogP contribution in [-0.4, -0.2) is 19.1 Å². The molecule has 2 heteroatoms. The zero-order chi connectivity index (χ0) is 9.23. The Balaban J connectivity index is 3.04. The molecule has 0 bridgehead atoms. The molecule has 0 aromatic rings. The van der Waals surface area contributed by atoms with Crippen molar-refractivity contribution >= 4 is 0 Å². The Hall–Kier alpha value is -0.0800. The molecule has 0 fully saturated rings. The number of rotatable bonds is 8. The van der Waals surface area contributed by atoms with E-state index in [2.05, 4.69) is 19.2 Å². The molecule has 0 saturated carbocycles. The second-order valence-electron chi connectivity index (χ2n) is 3.49. The van der Waals surface area contributed by atoms with Crippen LogP contribution in [0.15, 0.2) is 0 Å². The normalized spacial score (nSPS) is 13.2. The van der Waals surface area contributed by atoms with E-state index < -0.39 is 0 Å². The van der Waals surface area contributed by atoms with E-state index in [-0.39, 0.29) is 0 Å². The van der Waals surface area contributed by atoms with E-state index in [1.807, 2.05) is 0 Å². The van der Waals surface area contributed by atoms with Gasteiger partial charge in [-0.1, -0.05) is 26.2 Å². The highest BCUT2D eigenvalue weighted by Gasteiger charge is 1.98. The zero-order valence-corrected chi connectivity index (χ0v) is 8.60. The molecule has 0 aliphatic carbocycles. The van der Waals surface area contributed by atoms with E-state index in [1.54, 1.807) is 0 Å². The van der Waals surface area contributed by atoms with Gasteiger partial charge in [-0.2, -0.15) is 0 Å². The maximum Gasteiger partial charge on any atom is 0.00387 e. The maximum absolute atomic E-state index is 5.40. The van der Waals surface area contributed by atoms with Gasteiger partial charge in [0, 0.05) is 6.04 Å². The number of nitrogens with two attached hydrogens (primary N) is 1. The van der Waals surface area contributed by atoms with Crippen molar-refractivity contribution in [3.8, 4) is 0 Å². The average Bonchev–Trinajstić information content (AvgIpc) is 2.06. The standard InChI is InChI=1S/C10H24N2/c1-3-4-5-7-10(2)12-9-6-8-11/h10,12H,3-9,11H2,1-2H3. The third-order valence-corrected chi connectivity index (χ3v) is 2.11. The van der Waals surface area contributed by atoms with Gasteiger partial charge in [-0.25, -0.2) is 0 Å². The molecule has 0 saturated heterocycles. The monoisotopic (exact) mass is 172 g/mol. The molecule has 0 aliphatic heterocycles. The van der Waals surface area contributed by atoms with Crippen molar-refractivity contribution in [2.45, 2.75) is 52.0 Å². The first-order valence-electron chi connectivity index (χ1n) is 5.24. The summed E-state index contributed by atoms with van der Waals surface area (Å²) in [4.78, 5) is 0. The Morgan fingerprint density at radius 2 is 2.00 bits per heavy atom. The molecule has 0 aromatic carbocycles. The fourth-order valence-corrected chi connectivity index (χ4v) is 1.25. The minimum Gasteiger partial charge on any atom is -0.330 e. The third kappa shape index (κ3) is 8.02. The van der Waals surface area contributed by atoms with Crippen molar-refractivity contribution in [2.75, 3.05) is 13.1 Å². The van der Waals surface area contributed by atoms with Crippen molar-refractivity contribution in [1.29, 1.82) is 0 Å². The van der Waals surface area contributed by atoms with Gasteiger partial charge in [0.1, 0.15) is 0 Å². The molecule has 12 heavy (non-hydrogen) atoms. The molecule has 74 valence electrons. The van der Waals surface area contributed by atoms with Gasteiger partial charge < -0.3 is 11.1 Å². The summed E-state index contributed by atoms with van der Waals surface area (Å²) in [6, 6.07) is 0.670. The molecule has 0 aromatic heterocycles. The summed E-state index contributed by atoms with van der Waals surface area (Å²) < 4.78 is 0. The number of hydrogen-bond acceptors (Lipinski definition) is 2. The van der Waals surface area contributed by atoms with Crippen LogP contribution in [0.3, 0.4) is 0 Å². The second-order valence-corrected chi connectivity index (χ2v) is 3.49. The van der Waals surface area contributed by atoms with Gasteiger partial charge in [0.05, 0.1) is 0 Å². The van der Waals surface area contributed by atoms with Gasteiger partial charge in [-0.05, 0) is 32.9 Å². The molecular formula is C10H24N2. The van der Waals surface area contributed by atoms with Crippen molar-refractivity contribution < 1.29 is 0 Å². The predicted octanol–water partition coefficient (Wildman–Crippen LogP) is 1.89. The van der Waals surface area contributed by atoms with Crippen LogP contribution in [0.25, 0.3) is 0 Å². The molecule has 0 amide bonds. The number of nitrogens with one attached hydrogen (secondary N) is 1. The number of hydrogen-bond donors (Lipinski definition) is 2. The molecule has 0 aliphatic rings. The summed E-state index contributed by atoms with van der Waals surface area (Å²) in [5.74, 6) is 0. The topological polar surface area (TPSA) is 38.0 Å². The summed E-state index contributed by atoms with van der Waals surface area (Å²) >= 11 is 0. The zero-order valence-electron chi connectivity index (χ0n) is 8.60. The fourth-order valence-electron chi connectivity index (χ4n) is 1.25. The van der Waals surface area contributed by atoms with Crippen molar-refractivity contribution in [1.82, 2.24) is 5.32 Å². The largest absolute Gasteiger partial charge is 0.330 e. The van der Waals surface area contributed by atoms with Crippen molar-refractivity contribution in [3.63, 3.8) is 0 Å². The molecule has 1 atom stereocenters. The van der Waals surface area contributed by atoms with E-state index in [1.165, 1.54) is 25.7 Å². The third-order valence-electron chi connectivity index (χ3n) is 2.11. The SMILES string of the molecule is CCCCCC(C)NCCCN. The molecule has 3 N–H and O–H groups in total. The molecule has 0 spiro atoms. The lowest BCUT2D eigenvalue weighted by Crippen LogP contribution is -2.28. The van der Waals surface area contributed by atoms with Crippen LogP contribution in [0, 0.1) is 0 Å². The second kappa shape index (κ2) is 9.01. The smallest absolute Gasteiger partial charge is 0.00387 e. The lowest BCUT2D eigenvalue weighted by Gasteiger charge is -2.12. The molecule has 1 unspecified atom stereocenters. The van der Waals surface area contributed by atoms with Gasteiger partial charge in [-0.3, -0.25) is 0 Å². The van der Waals surface area contributed by atoms with E-state index in [0.717, 1.165) is 19.5 Å². The predicted molar refractivity (Wildman–Crippen MR) is 55.3 cm³/mol. The summed E-state index contributed by atoms with van der Waals surface area (Å²) in [6.45, 7) is 6.37. The Bertz CT molecular complexity index is 73.9. The first-order chi connectivity index (χ1) is 5.81. The van der Waals surface area contributed by atoms with Gasteiger partial charge >= 0.3 is 0 Å². The summed E-state index contributed by atoms with van der Waals surface area (Å²) in [7, 11) is 0. The minimum absolute atomic E-state index is 0.670. The van der Waals surface area contributed by atoms with E-state index >= 15 is 0 Å². The first-order valence-corrected chi connectivity index (χ1v) is 5.24. The summed E-state index contributed by atoms with van der Waals surface area (Å²) in [6.07, 6.45) is 6.43. The summed E-state index contributed by atoms with van der Waals surface area (Å²) in [5, 5.41) is 3.46. The highest BCUT2D eigenvalue weighted by Crippen LogP contribution is 2.02. The van der Waals surface area contributed by atoms with Gasteiger partial charge in [-0.15, -0.1) is 0 Å². The quantitative estimate of drug-likeness (QED) is 0.549. The summed E-state index contributed by atoms with van der Waals surface area (Å²) in [5.41, 5.74) is 5.40. The van der Waals surface area contributed by atoms with E-state index in [0.29, 0.717) is 6.04 Å². The van der Waals surface area contributed by atoms with Crippen LogP contribution < -0.4 is 11.1 Å². The highest BCUT2D eigenvalue weighted by molar-refractivity contribution is 4.60. The molecule has 2 nitrogen and oxygen atoms in total. The lowest BCUT2D eigenvalue weighted by atomic mass is 10.1. The van der Waals surface area contributed by atoms with Crippen molar-refractivity contribution in [2.24, 2.45) is 5.73 Å². The van der Waals surface area contributed by atoms with E-state index in [9.17, 15) is 0 Å². The van der Waals surface area contributed by atoms with Crippen LogP contribution in [0.5, 0.6) is 0 Å². The van der Waals surface area contributed by atoms with E-state index in [4.69, 9.17) is 5.73 Å². The van der Waals surface area contributed by atoms with Crippen LogP contribution in [0.4, 0.5) is 0 Å². The first kappa shape index (κ1) is 11.9. The molecule has 0 rings (SSSR count). The number of unbranched alkanes of at least 4 members (excludes halogenated alkanes) is 2. The molecule has 0 radical (unpaired) electrons. The Labute approximate surface area is 76.9 Å². The van der Waals surface area contributed by atoms with Crippen LogP contribution >= 0.6 is 0 Å². The fraction of sp³-hybridized carbons (Fsp3) is 1.00. The lowest BCUT2D eigenvalue weighted by molar-refractivity contribution is 0.484. The Morgan fingerprint density at radius 3 is 2.58 bits per heavy atom.